The van der Waals surface area contributed by atoms with Crippen LogP contribution in [-0.2, 0) is 4.79 Å². The molecule has 0 saturated carbocycles. The van der Waals surface area contributed by atoms with Crippen LogP contribution in [0.5, 0.6) is 0 Å². The number of nitrogens with zero attached hydrogens (tertiary/aromatic N) is 3. The summed E-state index contributed by atoms with van der Waals surface area (Å²) in [7, 11) is 0. The summed E-state index contributed by atoms with van der Waals surface area (Å²) in [4.78, 5) is 30.3. The highest BCUT2D eigenvalue weighted by atomic mass is 32.1. The van der Waals surface area contributed by atoms with Gasteiger partial charge in [0.1, 0.15) is 10.7 Å². The topological polar surface area (TPSA) is 87.8 Å². The van der Waals surface area contributed by atoms with E-state index in [4.69, 9.17) is 0 Å². The lowest BCUT2D eigenvalue weighted by atomic mass is 10.2. The van der Waals surface area contributed by atoms with E-state index >= 15 is 0 Å². The maximum Gasteiger partial charge on any atom is 0.273 e. The third kappa shape index (κ3) is 4.41. The summed E-state index contributed by atoms with van der Waals surface area (Å²) in [6.45, 7) is 1.91. The van der Waals surface area contributed by atoms with Crippen molar-refractivity contribution in [2.24, 2.45) is 0 Å². The summed E-state index contributed by atoms with van der Waals surface area (Å²) >= 11 is 1.10. The molecule has 0 aliphatic heterocycles. The Morgan fingerprint density at radius 3 is 2.53 bits per heavy atom. The molecule has 0 aliphatic rings. The molecular formula is C25H18N4O2S. The van der Waals surface area contributed by atoms with Gasteiger partial charge in [0.15, 0.2) is 5.57 Å². The predicted molar refractivity (Wildman–Crippen MR) is 126 cm³/mol. The van der Waals surface area contributed by atoms with Gasteiger partial charge in [0, 0.05) is 18.1 Å². The fourth-order valence-corrected chi connectivity index (χ4v) is 4.29. The van der Waals surface area contributed by atoms with E-state index in [1.165, 1.54) is 4.57 Å². The Morgan fingerprint density at radius 2 is 1.84 bits per heavy atom. The second-order valence-electron chi connectivity index (χ2n) is 6.98. The molecule has 0 saturated heterocycles. The Hall–Kier alpha value is -4.28. The highest BCUT2D eigenvalue weighted by Gasteiger charge is 2.17. The first kappa shape index (κ1) is 21.0. The number of rotatable bonds is 4. The van der Waals surface area contributed by atoms with Gasteiger partial charge in [0.2, 0.25) is 0 Å². The standard InChI is InChI=1S/C25H18N4O2S/c1-17-6-5-7-19(14-17)28-23(30)21(16-26)25-29(20-8-3-2-4-9-20)24(31)22(32-25)15-18-10-12-27-13-11-18/h2-15H,1H3,(H,28,30)/b22-15+,25-21-. The summed E-state index contributed by atoms with van der Waals surface area (Å²) in [6, 6.07) is 21.8. The van der Waals surface area contributed by atoms with Crippen LogP contribution >= 0.6 is 11.3 Å². The highest BCUT2D eigenvalue weighted by molar-refractivity contribution is 7.07. The summed E-state index contributed by atoms with van der Waals surface area (Å²) < 4.78 is 2.09. The molecule has 0 unspecified atom stereocenters. The van der Waals surface area contributed by atoms with E-state index in [9.17, 15) is 14.9 Å². The lowest BCUT2D eigenvalue weighted by Crippen LogP contribution is -2.32. The number of nitrogens with one attached hydrogen (secondary N) is 1. The Kier molecular flexibility index (Phi) is 6.06. The van der Waals surface area contributed by atoms with Crippen molar-refractivity contribution >= 4 is 34.6 Å². The van der Waals surface area contributed by atoms with Crippen molar-refractivity contribution < 1.29 is 4.79 Å². The number of carbonyl (C=O) groups excluding carboxylic acids is 1. The van der Waals surface area contributed by atoms with Crippen LogP contribution in [0, 0.1) is 18.3 Å². The number of hydrogen-bond acceptors (Lipinski definition) is 5. The second-order valence-corrected chi connectivity index (χ2v) is 8.01. The van der Waals surface area contributed by atoms with Crippen molar-refractivity contribution in [3.05, 3.63) is 110 Å². The number of nitriles is 1. The number of hydrogen-bond donors (Lipinski definition) is 1. The number of pyridine rings is 1. The van der Waals surface area contributed by atoms with Gasteiger partial charge >= 0.3 is 0 Å². The van der Waals surface area contributed by atoms with Crippen LogP contribution in [-0.4, -0.2) is 15.5 Å². The van der Waals surface area contributed by atoms with E-state index in [2.05, 4.69) is 10.3 Å². The predicted octanol–water partition coefficient (Wildman–Crippen LogP) is 2.74. The second kappa shape index (κ2) is 9.25. The highest BCUT2D eigenvalue weighted by Crippen LogP contribution is 2.11. The molecule has 32 heavy (non-hydrogen) atoms. The molecule has 2 aromatic heterocycles. The van der Waals surface area contributed by atoms with Gasteiger partial charge in [-0.3, -0.25) is 19.1 Å². The Balaban J connectivity index is 1.95. The molecular weight excluding hydrogens is 420 g/mol. The van der Waals surface area contributed by atoms with E-state index in [1.54, 1.807) is 60.9 Å². The smallest absolute Gasteiger partial charge is 0.273 e. The van der Waals surface area contributed by atoms with E-state index < -0.39 is 5.91 Å². The Bertz CT molecular complexity index is 1500. The number of aromatic nitrogens is 2. The number of thiazole rings is 1. The Morgan fingerprint density at radius 1 is 1.09 bits per heavy atom. The first-order valence-corrected chi connectivity index (χ1v) is 10.6. The largest absolute Gasteiger partial charge is 0.321 e. The third-order valence-electron chi connectivity index (χ3n) is 4.67. The van der Waals surface area contributed by atoms with Crippen LogP contribution in [0.2, 0.25) is 0 Å². The van der Waals surface area contributed by atoms with Gasteiger partial charge in [-0.2, -0.15) is 5.26 Å². The van der Waals surface area contributed by atoms with Gasteiger partial charge in [-0.15, -0.1) is 11.3 Å². The summed E-state index contributed by atoms with van der Waals surface area (Å²) in [5.74, 6) is -0.570. The average Bonchev–Trinajstić information content (AvgIpc) is 3.11. The zero-order valence-corrected chi connectivity index (χ0v) is 18.0. The SMILES string of the molecule is Cc1cccc(NC(=O)/C(C#N)=c2\s/c(=C/c3ccncc3)c(=O)n2-c2ccccc2)c1. The number of anilines is 1. The lowest BCUT2D eigenvalue weighted by Gasteiger charge is -2.06. The van der Waals surface area contributed by atoms with Gasteiger partial charge in [-0.25, -0.2) is 0 Å². The number of para-hydroxylation sites is 1. The molecule has 0 fully saturated rings. The molecule has 0 aliphatic carbocycles. The first-order valence-electron chi connectivity index (χ1n) is 9.78. The molecule has 0 atom stereocenters. The minimum absolute atomic E-state index is 0.133. The van der Waals surface area contributed by atoms with Gasteiger partial charge in [0.05, 0.1) is 10.2 Å². The van der Waals surface area contributed by atoms with E-state index in [-0.39, 0.29) is 15.8 Å². The van der Waals surface area contributed by atoms with Crippen LogP contribution < -0.4 is 20.1 Å². The molecule has 1 N–H and O–H groups in total. The molecule has 6 nitrogen and oxygen atoms in total. The van der Waals surface area contributed by atoms with Crippen molar-refractivity contribution in [2.75, 3.05) is 5.32 Å². The van der Waals surface area contributed by atoms with Crippen LogP contribution in [0.15, 0.2) is 83.9 Å². The number of amides is 1. The molecule has 156 valence electrons. The summed E-state index contributed by atoms with van der Waals surface area (Å²) in [5.41, 5.74) is 2.50. The van der Waals surface area contributed by atoms with Crippen LogP contribution in [0.1, 0.15) is 11.1 Å². The van der Waals surface area contributed by atoms with E-state index in [0.29, 0.717) is 15.9 Å². The third-order valence-corrected chi connectivity index (χ3v) is 5.76. The van der Waals surface area contributed by atoms with Crippen molar-refractivity contribution in [1.29, 1.82) is 5.26 Å². The molecule has 0 radical (unpaired) electrons. The molecule has 4 rings (SSSR count). The zero-order valence-electron chi connectivity index (χ0n) is 17.1. The Labute approximate surface area is 188 Å². The minimum atomic E-state index is -0.570. The molecule has 7 heteroatoms. The van der Waals surface area contributed by atoms with Gasteiger partial charge in [0.25, 0.3) is 11.5 Å². The van der Waals surface area contributed by atoms with Crippen molar-refractivity contribution in [3.8, 4) is 11.8 Å². The van der Waals surface area contributed by atoms with Crippen LogP contribution in [0.3, 0.4) is 0 Å². The van der Waals surface area contributed by atoms with Crippen molar-refractivity contribution in [1.82, 2.24) is 9.55 Å². The van der Waals surface area contributed by atoms with E-state index in [1.807, 2.05) is 37.3 Å². The summed E-state index contributed by atoms with van der Waals surface area (Å²) in [6.07, 6.45) is 5.00. The van der Waals surface area contributed by atoms with Gasteiger partial charge in [-0.1, -0.05) is 30.3 Å². The number of benzene rings is 2. The normalized spacial score (nSPS) is 12.2. The van der Waals surface area contributed by atoms with Crippen molar-refractivity contribution in [2.45, 2.75) is 6.92 Å². The monoisotopic (exact) mass is 438 g/mol. The fourth-order valence-electron chi connectivity index (χ4n) is 3.18. The van der Waals surface area contributed by atoms with Crippen LogP contribution in [0.25, 0.3) is 17.3 Å². The van der Waals surface area contributed by atoms with Gasteiger partial charge in [-0.05, 0) is 60.5 Å². The quantitative estimate of drug-likeness (QED) is 0.531. The molecule has 2 heterocycles. The maximum atomic E-state index is 13.3. The fraction of sp³-hybridized carbons (Fsp3) is 0.0400. The maximum absolute atomic E-state index is 13.3. The summed E-state index contributed by atoms with van der Waals surface area (Å²) in [5, 5.41) is 12.6. The zero-order chi connectivity index (χ0) is 22.5. The molecule has 0 bridgehead atoms. The van der Waals surface area contributed by atoms with Crippen molar-refractivity contribution in [3.63, 3.8) is 0 Å². The average molecular weight is 439 g/mol. The minimum Gasteiger partial charge on any atom is -0.321 e. The van der Waals surface area contributed by atoms with Crippen LogP contribution in [0.4, 0.5) is 5.69 Å². The molecule has 2 aromatic carbocycles. The van der Waals surface area contributed by atoms with E-state index in [0.717, 1.165) is 22.5 Å². The molecule has 0 spiro atoms. The molecule has 4 aromatic rings. The molecule has 1 amide bonds. The first-order chi connectivity index (χ1) is 15.6. The number of aryl methyl sites for hydroxylation is 1. The van der Waals surface area contributed by atoms with Gasteiger partial charge < -0.3 is 5.32 Å². The number of carbonyl (C=O) groups is 1. The lowest BCUT2D eigenvalue weighted by molar-refractivity contribution is -0.111.